The maximum Gasteiger partial charge on any atom is 0.257 e. The molecule has 1 amide bonds. The molecule has 4 heteroatoms. The van der Waals surface area contributed by atoms with Gasteiger partial charge in [0.2, 0.25) is 0 Å². The van der Waals surface area contributed by atoms with Crippen LogP contribution in [-0.4, -0.2) is 24.4 Å². The van der Waals surface area contributed by atoms with Crippen LogP contribution in [0.1, 0.15) is 10.4 Å². The molecule has 0 aliphatic rings. The van der Waals surface area contributed by atoms with Crippen LogP contribution in [0, 0.1) is 6.92 Å². The first kappa shape index (κ1) is 14.1. The second kappa shape index (κ2) is 6.21. The summed E-state index contributed by atoms with van der Waals surface area (Å²) in [6.45, 7) is 3.31. The molecule has 0 aliphatic heterocycles. The monoisotopic (exact) mass is 270 g/mol. The van der Waals surface area contributed by atoms with Crippen molar-refractivity contribution in [3.63, 3.8) is 0 Å². The Morgan fingerprint density at radius 2 is 1.90 bits per heavy atom. The summed E-state index contributed by atoms with van der Waals surface area (Å²) in [7, 11) is 1.50. The number of aliphatic hydroxyl groups excluding tert-OH is 1. The van der Waals surface area contributed by atoms with Crippen LogP contribution in [0.5, 0.6) is 5.75 Å². The van der Waals surface area contributed by atoms with E-state index in [9.17, 15) is 4.79 Å². The fourth-order valence-corrected chi connectivity index (χ4v) is 1.92. The molecule has 0 heterocycles. The third kappa shape index (κ3) is 3.16. The summed E-state index contributed by atoms with van der Waals surface area (Å²) in [4.78, 5) is 11.9. The first-order valence-electron chi connectivity index (χ1n) is 6.17. The number of nitrogens with one attached hydrogen (secondary N) is 1. The minimum absolute atomic E-state index is 0.356. The average Bonchev–Trinajstić information content (AvgIpc) is 2.46. The molecule has 0 fully saturated rings. The Hall–Kier alpha value is -2.33. The lowest BCUT2D eigenvalue weighted by Crippen LogP contribution is -2.32. The molecule has 0 saturated heterocycles. The van der Waals surface area contributed by atoms with Crippen LogP contribution in [-0.2, 0) is 0 Å². The number of aliphatic hydroxyl groups is 1. The lowest BCUT2D eigenvalue weighted by molar-refractivity contribution is 0.0849. The molecule has 2 aromatic rings. The van der Waals surface area contributed by atoms with Gasteiger partial charge in [-0.05, 0) is 30.2 Å². The van der Waals surface area contributed by atoms with Gasteiger partial charge in [0, 0.05) is 0 Å². The predicted molar refractivity (Wildman–Crippen MR) is 77.3 cm³/mol. The lowest BCUT2D eigenvalue weighted by atomic mass is 10.0. The quantitative estimate of drug-likeness (QED) is 0.838. The van der Waals surface area contributed by atoms with Crippen molar-refractivity contribution < 1.29 is 14.6 Å². The number of rotatable bonds is 4. The first-order chi connectivity index (χ1) is 9.61. The zero-order valence-corrected chi connectivity index (χ0v) is 11.2. The largest absolute Gasteiger partial charge is 0.496 e. The second-order valence-corrected chi connectivity index (χ2v) is 4.27. The smallest absolute Gasteiger partial charge is 0.257 e. The Morgan fingerprint density at radius 1 is 1.20 bits per heavy atom. The first-order valence-corrected chi connectivity index (χ1v) is 6.17. The van der Waals surface area contributed by atoms with Crippen LogP contribution >= 0.6 is 0 Å². The third-order valence-corrected chi connectivity index (χ3v) is 2.85. The van der Waals surface area contributed by atoms with Crippen LogP contribution in [0.4, 0.5) is 0 Å². The number of hydrogen-bond donors (Lipinski definition) is 2. The summed E-state index contributed by atoms with van der Waals surface area (Å²) in [5.41, 5.74) is 2.35. The van der Waals surface area contributed by atoms with Gasteiger partial charge in [-0.3, -0.25) is 4.79 Å². The maximum absolute atomic E-state index is 11.9. The molecular weight excluding hydrogens is 254 g/mol. The van der Waals surface area contributed by atoms with Gasteiger partial charge in [0.05, 0.1) is 12.7 Å². The molecule has 0 aromatic heterocycles. The van der Waals surface area contributed by atoms with Crippen molar-refractivity contribution in [2.75, 3.05) is 7.11 Å². The van der Waals surface area contributed by atoms with Gasteiger partial charge < -0.3 is 15.2 Å². The number of benzene rings is 2. The minimum atomic E-state index is -1.15. The number of carbonyl (C=O) groups excluding carboxylic acids is 1. The Morgan fingerprint density at radius 3 is 2.50 bits per heavy atom. The summed E-state index contributed by atoms with van der Waals surface area (Å²) in [6.07, 6.45) is -1.15. The minimum Gasteiger partial charge on any atom is -0.496 e. The Bertz CT molecular complexity index is 594. The van der Waals surface area contributed by atoms with Crippen LogP contribution in [0.25, 0.3) is 11.1 Å². The SMILES string of the molecule is [CH2]C(O)NC(=O)c1ccc(-c2ccccc2)cc1OC. The van der Waals surface area contributed by atoms with Gasteiger partial charge in [0.15, 0.2) is 0 Å². The zero-order chi connectivity index (χ0) is 14.5. The van der Waals surface area contributed by atoms with E-state index in [1.54, 1.807) is 12.1 Å². The summed E-state index contributed by atoms with van der Waals surface area (Å²) in [6, 6.07) is 15.1. The molecule has 103 valence electrons. The van der Waals surface area contributed by atoms with Crippen molar-refractivity contribution in [3.05, 3.63) is 61.0 Å². The molecule has 0 bridgehead atoms. The van der Waals surface area contributed by atoms with Crippen molar-refractivity contribution in [1.82, 2.24) is 5.32 Å². The average molecular weight is 270 g/mol. The van der Waals surface area contributed by atoms with Crippen molar-refractivity contribution in [2.24, 2.45) is 0 Å². The van der Waals surface area contributed by atoms with E-state index >= 15 is 0 Å². The molecule has 2 N–H and O–H groups in total. The molecule has 0 saturated carbocycles. The molecule has 1 radical (unpaired) electrons. The highest BCUT2D eigenvalue weighted by Gasteiger charge is 2.14. The molecule has 20 heavy (non-hydrogen) atoms. The number of hydrogen-bond acceptors (Lipinski definition) is 3. The van der Waals surface area contributed by atoms with Gasteiger partial charge in [-0.25, -0.2) is 0 Å². The Balaban J connectivity index is 2.36. The molecule has 2 rings (SSSR count). The number of carbonyl (C=O) groups is 1. The zero-order valence-electron chi connectivity index (χ0n) is 11.2. The van der Waals surface area contributed by atoms with Crippen LogP contribution in [0.3, 0.4) is 0 Å². The highest BCUT2D eigenvalue weighted by molar-refractivity contribution is 5.97. The molecule has 1 unspecified atom stereocenters. The highest BCUT2D eigenvalue weighted by atomic mass is 16.5. The fourth-order valence-electron chi connectivity index (χ4n) is 1.92. The van der Waals surface area contributed by atoms with E-state index in [1.807, 2.05) is 36.4 Å². The number of methoxy groups -OCH3 is 1. The highest BCUT2D eigenvalue weighted by Crippen LogP contribution is 2.27. The van der Waals surface area contributed by atoms with Crippen molar-refractivity contribution in [2.45, 2.75) is 6.23 Å². The van der Waals surface area contributed by atoms with Gasteiger partial charge in [-0.1, -0.05) is 36.4 Å². The van der Waals surface area contributed by atoms with Crippen LogP contribution < -0.4 is 10.1 Å². The van der Waals surface area contributed by atoms with E-state index in [0.717, 1.165) is 11.1 Å². The topological polar surface area (TPSA) is 58.6 Å². The van der Waals surface area contributed by atoms with E-state index < -0.39 is 12.1 Å². The fraction of sp³-hybridized carbons (Fsp3) is 0.125. The molecular formula is C16H16NO3. The van der Waals surface area contributed by atoms with Gasteiger partial charge in [-0.2, -0.15) is 0 Å². The third-order valence-electron chi connectivity index (χ3n) is 2.85. The second-order valence-electron chi connectivity index (χ2n) is 4.27. The Labute approximate surface area is 118 Å². The van der Waals surface area contributed by atoms with E-state index in [1.165, 1.54) is 7.11 Å². The molecule has 1 atom stereocenters. The normalized spacial score (nSPS) is 11.8. The number of amides is 1. The van der Waals surface area contributed by atoms with E-state index in [4.69, 9.17) is 9.84 Å². The Kier molecular flexibility index (Phi) is 4.38. The number of ether oxygens (including phenoxy) is 1. The van der Waals surface area contributed by atoms with Gasteiger partial charge in [-0.15, -0.1) is 0 Å². The summed E-state index contributed by atoms with van der Waals surface area (Å²) in [5.74, 6) is 0.0217. The predicted octanol–water partition coefficient (Wildman–Crippen LogP) is 2.24. The van der Waals surface area contributed by atoms with Gasteiger partial charge in [0.1, 0.15) is 12.0 Å². The molecule has 2 aromatic carbocycles. The van der Waals surface area contributed by atoms with Crippen molar-refractivity contribution >= 4 is 5.91 Å². The van der Waals surface area contributed by atoms with Crippen LogP contribution in [0.2, 0.25) is 0 Å². The van der Waals surface area contributed by atoms with Crippen LogP contribution in [0.15, 0.2) is 48.5 Å². The summed E-state index contributed by atoms with van der Waals surface area (Å²) < 4.78 is 5.25. The molecule has 0 aliphatic carbocycles. The molecule has 0 spiro atoms. The van der Waals surface area contributed by atoms with Gasteiger partial charge in [0.25, 0.3) is 5.91 Å². The standard InChI is InChI=1S/C16H16NO3/c1-11(18)17-16(19)14-9-8-13(10-15(14)20-2)12-6-4-3-5-7-12/h3-11,18H,1H2,2H3,(H,17,19). The summed E-state index contributed by atoms with van der Waals surface area (Å²) in [5, 5.41) is 11.4. The maximum atomic E-state index is 11.9. The van der Waals surface area contributed by atoms with E-state index in [0.29, 0.717) is 11.3 Å². The van der Waals surface area contributed by atoms with Crippen molar-refractivity contribution in [1.29, 1.82) is 0 Å². The van der Waals surface area contributed by atoms with E-state index in [2.05, 4.69) is 12.2 Å². The molecule has 4 nitrogen and oxygen atoms in total. The summed E-state index contributed by atoms with van der Waals surface area (Å²) >= 11 is 0. The van der Waals surface area contributed by atoms with E-state index in [-0.39, 0.29) is 0 Å². The lowest BCUT2D eigenvalue weighted by Gasteiger charge is -2.12. The van der Waals surface area contributed by atoms with Gasteiger partial charge >= 0.3 is 0 Å². The van der Waals surface area contributed by atoms with Crippen molar-refractivity contribution in [3.8, 4) is 16.9 Å².